The fourth-order valence-electron chi connectivity index (χ4n) is 2.42. The maximum Gasteiger partial charge on any atom is 0.0202 e. The molecule has 1 aromatic carbocycles. The molecule has 0 radical (unpaired) electrons. The average molecular weight is 265 g/mol. The molecule has 100 valence electrons. The number of rotatable bonds is 6. The molecule has 18 heavy (non-hydrogen) atoms. The molecule has 0 aromatic heterocycles. The molecule has 1 aliphatic rings. The average Bonchev–Trinajstić information content (AvgIpc) is 2.82. The SMILES string of the molecule is NCCC(CSc1ccccc1)N1CCC(N)C1. The van der Waals surface area contributed by atoms with Gasteiger partial charge < -0.3 is 11.5 Å². The largest absolute Gasteiger partial charge is 0.330 e. The van der Waals surface area contributed by atoms with Crippen LogP contribution in [-0.2, 0) is 0 Å². The Hall–Kier alpha value is -0.550. The van der Waals surface area contributed by atoms with Crippen molar-refractivity contribution >= 4 is 11.8 Å². The van der Waals surface area contributed by atoms with Crippen molar-refractivity contribution in [1.29, 1.82) is 0 Å². The molecule has 1 fully saturated rings. The van der Waals surface area contributed by atoms with E-state index in [-0.39, 0.29) is 0 Å². The van der Waals surface area contributed by atoms with Gasteiger partial charge in [-0.15, -0.1) is 11.8 Å². The van der Waals surface area contributed by atoms with Crippen LogP contribution >= 0.6 is 11.8 Å². The number of nitrogens with zero attached hydrogens (tertiary/aromatic N) is 1. The number of hydrogen-bond donors (Lipinski definition) is 2. The minimum Gasteiger partial charge on any atom is -0.330 e. The van der Waals surface area contributed by atoms with Crippen LogP contribution in [-0.4, -0.2) is 42.4 Å². The van der Waals surface area contributed by atoms with Crippen molar-refractivity contribution < 1.29 is 0 Å². The molecule has 1 saturated heterocycles. The van der Waals surface area contributed by atoms with E-state index in [1.54, 1.807) is 0 Å². The summed E-state index contributed by atoms with van der Waals surface area (Å²) in [5, 5.41) is 0. The Labute approximate surface area is 114 Å². The number of benzene rings is 1. The fourth-order valence-corrected chi connectivity index (χ4v) is 3.53. The number of hydrogen-bond acceptors (Lipinski definition) is 4. The van der Waals surface area contributed by atoms with E-state index in [0.29, 0.717) is 12.1 Å². The zero-order valence-corrected chi connectivity index (χ0v) is 11.6. The van der Waals surface area contributed by atoms with Gasteiger partial charge in [0, 0.05) is 35.8 Å². The molecule has 4 N–H and O–H groups in total. The zero-order chi connectivity index (χ0) is 12.8. The highest BCUT2D eigenvalue weighted by atomic mass is 32.2. The highest BCUT2D eigenvalue weighted by molar-refractivity contribution is 7.99. The lowest BCUT2D eigenvalue weighted by Crippen LogP contribution is -2.38. The van der Waals surface area contributed by atoms with E-state index in [4.69, 9.17) is 11.5 Å². The Kier molecular flexibility index (Phi) is 5.50. The van der Waals surface area contributed by atoms with Crippen molar-refractivity contribution in [3.05, 3.63) is 30.3 Å². The van der Waals surface area contributed by atoms with E-state index in [1.807, 2.05) is 11.8 Å². The Morgan fingerprint density at radius 1 is 1.33 bits per heavy atom. The third kappa shape index (κ3) is 3.99. The Morgan fingerprint density at radius 2 is 2.11 bits per heavy atom. The fraction of sp³-hybridized carbons (Fsp3) is 0.571. The van der Waals surface area contributed by atoms with E-state index in [1.165, 1.54) is 4.90 Å². The van der Waals surface area contributed by atoms with Gasteiger partial charge in [-0.1, -0.05) is 18.2 Å². The van der Waals surface area contributed by atoms with Gasteiger partial charge in [0.2, 0.25) is 0 Å². The summed E-state index contributed by atoms with van der Waals surface area (Å²) < 4.78 is 0. The maximum absolute atomic E-state index is 5.99. The summed E-state index contributed by atoms with van der Waals surface area (Å²) >= 11 is 1.92. The molecule has 2 unspecified atom stereocenters. The van der Waals surface area contributed by atoms with Gasteiger partial charge in [-0.3, -0.25) is 4.90 Å². The van der Waals surface area contributed by atoms with Gasteiger partial charge >= 0.3 is 0 Å². The second-order valence-corrected chi connectivity index (χ2v) is 5.99. The summed E-state index contributed by atoms with van der Waals surface area (Å²) in [4.78, 5) is 3.84. The Balaban J connectivity index is 1.86. The van der Waals surface area contributed by atoms with Gasteiger partial charge in [0.25, 0.3) is 0 Å². The molecule has 0 spiro atoms. The molecule has 2 atom stereocenters. The van der Waals surface area contributed by atoms with Crippen LogP contribution in [0.1, 0.15) is 12.8 Å². The topological polar surface area (TPSA) is 55.3 Å². The highest BCUT2D eigenvalue weighted by Crippen LogP contribution is 2.23. The van der Waals surface area contributed by atoms with E-state index in [9.17, 15) is 0 Å². The molecule has 0 bridgehead atoms. The summed E-state index contributed by atoms with van der Waals surface area (Å²) in [6.07, 6.45) is 2.18. The van der Waals surface area contributed by atoms with Crippen molar-refractivity contribution in [3.63, 3.8) is 0 Å². The van der Waals surface area contributed by atoms with Crippen LogP contribution in [0.2, 0.25) is 0 Å². The highest BCUT2D eigenvalue weighted by Gasteiger charge is 2.25. The lowest BCUT2D eigenvalue weighted by atomic mass is 10.2. The first-order valence-electron chi connectivity index (χ1n) is 6.67. The maximum atomic E-state index is 5.99. The first-order valence-corrected chi connectivity index (χ1v) is 7.65. The molecule has 1 aromatic rings. The minimum absolute atomic E-state index is 0.354. The monoisotopic (exact) mass is 265 g/mol. The smallest absolute Gasteiger partial charge is 0.0202 e. The van der Waals surface area contributed by atoms with Gasteiger partial charge in [-0.05, 0) is 31.5 Å². The molecular formula is C14H23N3S. The van der Waals surface area contributed by atoms with Crippen LogP contribution in [0, 0.1) is 0 Å². The zero-order valence-electron chi connectivity index (χ0n) is 10.8. The van der Waals surface area contributed by atoms with Crippen molar-refractivity contribution in [2.75, 3.05) is 25.4 Å². The predicted molar refractivity (Wildman–Crippen MR) is 78.8 cm³/mol. The molecule has 2 rings (SSSR count). The molecule has 1 aliphatic heterocycles. The van der Waals surface area contributed by atoms with Gasteiger partial charge in [-0.2, -0.15) is 0 Å². The van der Waals surface area contributed by atoms with Gasteiger partial charge in [0.15, 0.2) is 0 Å². The van der Waals surface area contributed by atoms with Crippen LogP contribution in [0.5, 0.6) is 0 Å². The summed E-state index contributed by atoms with van der Waals surface area (Å²) in [7, 11) is 0. The van der Waals surface area contributed by atoms with Crippen LogP contribution in [0.3, 0.4) is 0 Å². The molecule has 0 aliphatic carbocycles. The summed E-state index contributed by atoms with van der Waals surface area (Å²) in [5.41, 5.74) is 11.7. The lowest BCUT2D eigenvalue weighted by Gasteiger charge is -2.27. The molecule has 0 amide bonds. The minimum atomic E-state index is 0.354. The van der Waals surface area contributed by atoms with Crippen molar-refractivity contribution in [1.82, 2.24) is 4.90 Å². The second kappa shape index (κ2) is 7.14. The molecule has 4 heteroatoms. The standard InChI is InChI=1S/C14H23N3S/c15-8-6-13(17-9-7-12(16)10-17)11-18-14-4-2-1-3-5-14/h1-5,12-13H,6-11,15-16H2. The van der Waals surface area contributed by atoms with Crippen LogP contribution in [0.25, 0.3) is 0 Å². The Morgan fingerprint density at radius 3 is 2.72 bits per heavy atom. The van der Waals surface area contributed by atoms with Crippen molar-refractivity contribution in [2.45, 2.75) is 29.8 Å². The van der Waals surface area contributed by atoms with Crippen molar-refractivity contribution in [2.24, 2.45) is 11.5 Å². The first kappa shape index (κ1) is 13.9. The number of thioether (sulfide) groups is 1. The molecular weight excluding hydrogens is 242 g/mol. The predicted octanol–water partition coefficient (Wildman–Crippen LogP) is 1.53. The van der Waals surface area contributed by atoms with Crippen LogP contribution in [0.15, 0.2) is 35.2 Å². The van der Waals surface area contributed by atoms with E-state index >= 15 is 0 Å². The summed E-state index contributed by atoms with van der Waals surface area (Å²) in [6, 6.07) is 11.5. The second-order valence-electron chi connectivity index (χ2n) is 4.90. The van der Waals surface area contributed by atoms with Gasteiger partial charge in [0.1, 0.15) is 0 Å². The van der Waals surface area contributed by atoms with Crippen LogP contribution in [0.4, 0.5) is 0 Å². The molecule has 3 nitrogen and oxygen atoms in total. The quantitative estimate of drug-likeness (QED) is 0.766. The summed E-state index contributed by atoms with van der Waals surface area (Å²) in [6.45, 7) is 2.91. The van der Waals surface area contributed by atoms with E-state index in [2.05, 4.69) is 35.2 Å². The third-order valence-electron chi connectivity index (χ3n) is 3.46. The van der Waals surface area contributed by atoms with Crippen molar-refractivity contribution in [3.8, 4) is 0 Å². The normalized spacial score (nSPS) is 22.2. The van der Waals surface area contributed by atoms with Gasteiger partial charge in [-0.25, -0.2) is 0 Å². The van der Waals surface area contributed by atoms with Crippen LogP contribution < -0.4 is 11.5 Å². The third-order valence-corrected chi connectivity index (χ3v) is 4.61. The number of nitrogens with two attached hydrogens (primary N) is 2. The first-order chi connectivity index (χ1) is 8.79. The molecule has 0 saturated carbocycles. The Bertz CT molecular complexity index is 344. The van der Waals surface area contributed by atoms with E-state index < -0.39 is 0 Å². The lowest BCUT2D eigenvalue weighted by molar-refractivity contribution is 0.251. The number of likely N-dealkylation sites (tertiary alicyclic amines) is 1. The van der Waals surface area contributed by atoms with Gasteiger partial charge in [0.05, 0.1) is 0 Å². The summed E-state index contributed by atoms with van der Waals surface area (Å²) in [5.74, 6) is 1.11. The van der Waals surface area contributed by atoms with E-state index in [0.717, 1.165) is 38.2 Å². The molecule has 1 heterocycles.